The summed E-state index contributed by atoms with van der Waals surface area (Å²) in [5.74, 6) is -0.384. The van der Waals surface area contributed by atoms with Crippen LogP contribution in [-0.2, 0) is 15.1 Å². The van der Waals surface area contributed by atoms with Gasteiger partial charge in [0.05, 0.1) is 18.8 Å². The minimum atomic E-state index is -0.721. The van der Waals surface area contributed by atoms with Crippen LogP contribution in [-0.4, -0.2) is 24.1 Å². The number of hydrogen-bond acceptors (Lipinski definition) is 3. The molecule has 1 heterocycles. The van der Waals surface area contributed by atoms with Crippen molar-refractivity contribution >= 4 is 17.2 Å². The highest BCUT2D eigenvalue weighted by atomic mass is 35.5. The van der Waals surface area contributed by atoms with Crippen LogP contribution < -0.4 is 0 Å². The van der Waals surface area contributed by atoms with Crippen molar-refractivity contribution in [3.8, 4) is 0 Å². The molecule has 0 aromatic heterocycles. The second kappa shape index (κ2) is 5.34. The molecule has 4 heteroatoms. The molecule has 3 nitrogen and oxygen atoms in total. The van der Waals surface area contributed by atoms with E-state index in [1.165, 1.54) is 5.57 Å². The molecule has 2 aliphatic carbocycles. The van der Waals surface area contributed by atoms with E-state index in [4.69, 9.17) is 21.1 Å². The minimum absolute atomic E-state index is 0.384. The molecule has 1 spiro atoms. The van der Waals surface area contributed by atoms with Crippen molar-refractivity contribution in [3.05, 3.63) is 40.4 Å². The zero-order valence-corrected chi connectivity index (χ0v) is 13.4. The van der Waals surface area contributed by atoms with Crippen molar-refractivity contribution in [1.82, 2.24) is 0 Å². The Balaban J connectivity index is 1.61. The maximum atomic E-state index is 10.6. The lowest BCUT2D eigenvalue weighted by Gasteiger charge is -2.38. The van der Waals surface area contributed by atoms with Gasteiger partial charge in [0.2, 0.25) is 0 Å². The average molecular weight is 321 g/mol. The van der Waals surface area contributed by atoms with E-state index >= 15 is 0 Å². The van der Waals surface area contributed by atoms with Crippen molar-refractivity contribution in [1.29, 1.82) is 0 Å². The number of hydrogen-bond donors (Lipinski definition) is 1. The molecule has 118 valence electrons. The molecule has 22 heavy (non-hydrogen) atoms. The Bertz CT molecular complexity index is 613. The lowest BCUT2D eigenvalue weighted by atomic mass is 9.74. The normalized spacial score (nSPS) is 25.8. The summed E-state index contributed by atoms with van der Waals surface area (Å²) in [4.78, 5) is 0. The molecular weight excluding hydrogens is 300 g/mol. The largest absolute Gasteiger partial charge is 0.385 e. The number of ether oxygens (including phenoxy) is 2. The molecule has 0 unspecified atom stereocenters. The quantitative estimate of drug-likeness (QED) is 0.894. The van der Waals surface area contributed by atoms with E-state index in [2.05, 4.69) is 12.1 Å². The molecule has 2 fully saturated rings. The highest BCUT2D eigenvalue weighted by molar-refractivity contribution is 6.31. The summed E-state index contributed by atoms with van der Waals surface area (Å²) >= 11 is 6.31. The van der Waals surface area contributed by atoms with E-state index in [1.807, 2.05) is 12.1 Å². The van der Waals surface area contributed by atoms with Gasteiger partial charge in [-0.3, -0.25) is 0 Å². The van der Waals surface area contributed by atoms with Gasteiger partial charge >= 0.3 is 0 Å². The second-order valence-corrected chi connectivity index (χ2v) is 7.03. The third-order valence-corrected chi connectivity index (χ3v) is 5.60. The van der Waals surface area contributed by atoms with E-state index < -0.39 is 5.60 Å². The molecule has 4 rings (SSSR count). The standard InChI is InChI=1S/C18H21ClO3/c19-16-3-2-14(12-15(16)17(20)6-1-7-17)13-4-8-18(9-5-13)21-10-11-22-18/h2-4,12,20H,1,5-11H2. The summed E-state index contributed by atoms with van der Waals surface area (Å²) in [7, 11) is 0. The zero-order valence-electron chi connectivity index (χ0n) is 12.6. The molecule has 0 bridgehead atoms. The van der Waals surface area contributed by atoms with Crippen LogP contribution >= 0.6 is 11.6 Å². The van der Waals surface area contributed by atoms with Gasteiger partial charge in [-0.15, -0.1) is 0 Å². The molecule has 1 aromatic carbocycles. The predicted octanol–water partition coefficient (Wildman–Crippen LogP) is 4.02. The van der Waals surface area contributed by atoms with Crippen LogP contribution in [0, 0.1) is 0 Å². The Morgan fingerprint density at radius 3 is 2.45 bits per heavy atom. The van der Waals surface area contributed by atoms with Gasteiger partial charge in [-0.25, -0.2) is 0 Å². The van der Waals surface area contributed by atoms with E-state index in [9.17, 15) is 5.11 Å². The van der Waals surface area contributed by atoms with Gasteiger partial charge in [0.1, 0.15) is 0 Å². The third-order valence-electron chi connectivity index (χ3n) is 5.27. The summed E-state index contributed by atoms with van der Waals surface area (Å²) in [6, 6.07) is 6.03. The molecule has 0 atom stereocenters. The summed E-state index contributed by atoms with van der Waals surface area (Å²) in [6.07, 6.45) is 7.51. The smallest absolute Gasteiger partial charge is 0.172 e. The van der Waals surface area contributed by atoms with Crippen LogP contribution in [0.25, 0.3) is 5.57 Å². The van der Waals surface area contributed by atoms with Crippen LogP contribution in [0.3, 0.4) is 0 Å². The molecule has 1 aromatic rings. The van der Waals surface area contributed by atoms with E-state index in [-0.39, 0.29) is 5.79 Å². The van der Waals surface area contributed by atoms with Gasteiger partial charge in [0.25, 0.3) is 0 Å². The first-order valence-corrected chi connectivity index (χ1v) is 8.48. The highest BCUT2D eigenvalue weighted by Crippen LogP contribution is 2.45. The molecule has 1 saturated carbocycles. The Kier molecular flexibility index (Phi) is 3.57. The summed E-state index contributed by atoms with van der Waals surface area (Å²) in [5.41, 5.74) is 2.62. The van der Waals surface area contributed by atoms with Crippen LogP contribution in [0.5, 0.6) is 0 Å². The minimum Gasteiger partial charge on any atom is -0.385 e. The maximum Gasteiger partial charge on any atom is 0.172 e. The number of allylic oxidation sites excluding steroid dienone is 1. The fraction of sp³-hybridized carbons (Fsp3) is 0.556. The van der Waals surface area contributed by atoms with E-state index in [1.54, 1.807) is 0 Å². The van der Waals surface area contributed by atoms with Gasteiger partial charge in [-0.05, 0) is 49.0 Å². The lowest BCUT2D eigenvalue weighted by Crippen LogP contribution is -2.34. The van der Waals surface area contributed by atoms with Crippen molar-refractivity contribution in [2.45, 2.75) is 49.9 Å². The first kappa shape index (κ1) is 14.7. The summed E-state index contributed by atoms with van der Waals surface area (Å²) < 4.78 is 11.5. The topological polar surface area (TPSA) is 38.7 Å². The van der Waals surface area contributed by atoms with Gasteiger partial charge in [0, 0.05) is 23.4 Å². The predicted molar refractivity (Wildman–Crippen MR) is 85.7 cm³/mol. The first-order chi connectivity index (χ1) is 10.6. The monoisotopic (exact) mass is 320 g/mol. The van der Waals surface area contributed by atoms with E-state index in [0.29, 0.717) is 18.2 Å². The number of benzene rings is 1. The number of aliphatic hydroxyl groups is 1. The third kappa shape index (κ3) is 2.41. The summed E-state index contributed by atoms with van der Waals surface area (Å²) in [5, 5.41) is 11.3. The molecule has 1 aliphatic heterocycles. The zero-order chi connectivity index (χ0) is 15.2. The Hall–Kier alpha value is -0.870. The van der Waals surface area contributed by atoms with Gasteiger partial charge in [0.15, 0.2) is 5.79 Å². The molecular formula is C18H21ClO3. The molecule has 1 N–H and O–H groups in total. The van der Waals surface area contributed by atoms with Crippen molar-refractivity contribution < 1.29 is 14.6 Å². The Labute approximate surface area is 135 Å². The molecule has 0 radical (unpaired) electrons. The van der Waals surface area contributed by atoms with Crippen LogP contribution in [0.1, 0.15) is 49.7 Å². The Morgan fingerprint density at radius 2 is 1.86 bits per heavy atom. The second-order valence-electron chi connectivity index (χ2n) is 6.62. The lowest BCUT2D eigenvalue weighted by molar-refractivity contribution is -0.159. The SMILES string of the molecule is OC1(c2cc(C3=CCC4(CC3)OCCO4)ccc2Cl)CCC1. The molecule has 0 amide bonds. The Morgan fingerprint density at radius 1 is 1.09 bits per heavy atom. The van der Waals surface area contributed by atoms with Crippen LogP contribution in [0.15, 0.2) is 24.3 Å². The fourth-order valence-electron chi connectivity index (χ4n) is 3.69. The number of halogens is 1. The van der Waals surface area contributed by atoms with Gasteiger partial charge < -0.3 is 14.6 Å². The summed E-state index contributed by atoms with van der Waals surface area (Å²) in [6.45, 7) is 1.39. The van der Waals surface area contributed by atoms with Crippen LogP contribution in [0.2, 0.25) is 5.02 Å². The van der Waals surface area contributed by atoms with Crippen molar-refractivity contribution in [2.24, 2.45) is 0 Å². The van der Waals surface area contributed by atoms with E-state index in [0.717, 1.165) is 49.7 Å². The molecule has 3 aliphatic rings. The van der Waals surface area contributed by atoms with Crippen molar-refractivity contribution in [3.63, 3.8) is 0 Å². The van der Waals surface area contributed by atoms with Gasteiger partial charge in [-0.2, -0.15) is 0 Å². The van der Waals surface area contributed by atoms with Crippen LogP contribution in [0.4, 0.5) is 0 Å². The highest BCUT2D eigenvalue weighted by Gasteiger charge is 2.39. The number of rotatable bonds is 2. The molecule has 1 saturated heterocycles. The maximum absolute atomic E-state index is 10.6. The fourth-order valence-corrected chi connectivity index (χ4v) is 3.99. The van der Waals surface area contributed by atoms with Gasteiger partial charge in [-0.1, -0.05) is 23.7 Å². The first-order valence-electron chi connectivity index (χ1n) is 8.10. The van der Waals surface area contributed by atoms with Crippen molar-refractivity contribution in [2.75, 3.05) is 13.2 Å². The average Bonchev–Trinajstić information content (AvgIpc) is 2.95.